The molecule has 42 heavy (non-hydrogen) atoms. The van der Waals surface area contributed by atoms with Crippen molar-refractivity contribution in [1.82, 2.24) is 0 Å². The Morgan fingerprint density at radius 3 is 1.98 bits per heavy atom. The average Bonchev–Trinajstić information content (AvgIpc) is 3.38. The number of ketones is 1. The number of hydrogen-bond donors (Lipinski definition) is 9. The molecule has 0 radical (unpaired) electrons. The Bertz CT molecular complexity index is 1730. The molecule has 3 aliphatic heterocycles. The zero-order valence-electron chi connectivity index (χ0n) is 21.4. The van der Waals surface area contributed by atoms with Crippen molar-refractivity contribution in [1.29, 1.82) is 0 Å². The molecule has 0 amide bonds. The minimum atomic E-state index is -1.99. The number of phenolic OH excluding ortho intramolecular Hbond substituents is 6. The SMILES string of the molecule is O=C1C(O)=CC2(C3Oc4cc(O)cc(O)c4CC3O)Oc3c(O)c(O)cc(C4Oc5cc(O)cc(O)c5CC4O)c3C12. The summed E-state index contributed by atoms with van der Waals surface area (Å²) in [7, 11) is 0. The van der Waals surface area contributed by atoms with E-state index in [-0.39, 0.29) is 75.3 Å². The summed E-state index contributed by atoms with van der Waals surface area (Å²) in [6.07, 6.45) is -4.87. The van der Waals surface area contributed by atoms with Crippen molar-refractivity contribution in [2.45, 2.75) is 48.8 Å². The second-order valence-electron chi connectivity index (χ2n) is 10.9. The first-order chi connectivity index (χ1) is 19.9. The molecule has 4 aliphatic rings. The second kappa shape index (κ2) is 8.50. The molecule has 3 aromatic carbocycles. The van der Waals surface area contributed by atoms with Crippen LogP contribution in [0.15, 0.2) is 42.2 Å². The van der Waals surface area contributed by atoms with Gasteiger partial charge in [0.25, 0.3) is 0 Å². The van der Waals surface area contributed by atoms with Gasteiger partial charge >= 0.3 is 0 Å². The number of carbonyl (C=O) groups excluding carboxylic acids is 1. The third-order valence-electron chi connectivity index (χ3n) is 8.33. The van der Waals surface area contributed by atoms with Gasteiger partial charge in [-0.3, -0.25) is 4.79 Å². The maximum Gasteiger partial charge on any atom is 0.209 e. The molecule has 0 bridgehead atoms. The molecule has 1 aliphatic carbocycles. The van der Waals surface area contributed by atoms with Crippen LogP contribution in [0.3, 0.4) is 0 Å². The van der Waals surface area contributed by atoms with E-state index in [0.717, 1.165) is 24.3 Å². The van der Waals surface area contributed by atoms with Gasteiger partial charge in [-0.15, -0.1) is 0 Å². The normalized spacial score (nSPS) is 28.9. The molecule has 0 aromatic heterocycles. The van der Waals surface area contributed by atoms with Gasteiger partial charge in [0.15, 0.2) is 35.1 Å². The van der Waals surface area contributed by atoms with Crippen molar-refractivity contribution in [2.75, 3.05) is 0 Å². The Morgan fingerprint density at radius 2 is 1.33 bits per heavy atom. The molecule has 3 heterocycles. The molecule has 6 atom stereocenters. The van der Waals surface area contributed by atoms with Crippen LogP contribution < -0.4 is 14.2 Å². The van der Waals surface area contributed by atoms with Crippen LogP contribution in [-0.2, 0) is 17.6 Å². The highest BCUT2D eigenvalue weighted by atomic mass is 16.6. The molecule has 0 fully saturated rings. The summed E-state index contributed by atoms with van der Waals surface area (Å²) in [5, 5.41) is 94.9. The number of phenols is 6. The number of fused-ring (bicyclic) bond motifs is 5. The van der Waals surface area contributed by atoms with E-state index in [0.29, 0.717) is 0 Å². The fourth-order valence-corrected chi connectivity index (χ4v) is 6.53. The molecule has 218 valence electrons. The molecule has 13 nitrogen and oxygen atoms in total. The molecule has 0 saturated heterocycles. The van der Waals surface area contributed by atoms with Gasteiger partial charge in [0.05, 0.1) is 12.2 Å². The predicted octanol–water partition coefficient (Wildman–Crippen LogP) is 1.56. The van der Waals surface area contributed by atoms with Gasteiger partial charge in [0.1, 0.15) is 40.4 Å². The highest BCUT2D eigenvalue weighted by Crippen LogP contribution is 2.61. The fourth-order valence-electron chi connectivity index (χ4n) is 6.53. The average molecular weight is 580 g/mol. The van der Waals surface area contributed by atoms with Crippen molar-refractivity contribution in [3.63, 3.8) is 0 Å². The lowest BCUT2D eigenvalue weighted by Crippen LogP contribution is -2.57. The van der Waals surface area contributed by atoms with Crippen LogP contribution in [-0.4, -0.2) is 75.7 Å². The fraction of sp³-hybridized carbons (Fsp3) is 0.276. The first-order valence-electron chi connectivity index (χ1n) is 12.9. The lowest BCUT2D eigenvalue weighted by molar-refractivity contribution is -0.125. The molecule has 13 heteroatoms. The lowest BCUT2D eigenvalue weighted by Gasteiger charge is -2.41. The monoisotopic (exact) mass is 580 g/mol. The van der Waals surface area contributed by atoms with E-state index in [4.69, 9.17) is 14.2 Å². The maximum atomic E-state index is 13.5. The quantitative estimate of drug-likeness (QED) is 0.196. The van der Waals surface area contributed by atoms with Crippen LogP contribution in [0.5, 0.6) is 51.7 Å². The predicted molar refractivity (Wildman–Crippen MR) is 138 cm³/mol. The largest absolute Gasteiger partial charge is 0.508 e. The van der Waals surface area contributed by atoms with Gasteiger partial charge in [-0.05, 0) is 6.07 Å². The van der Waals surface area contributed by atoms with E-state index >= 15 is 0 Å². The number of allylic oxidation sites excluding steroid dienone is 1. The Kier molecular flexibility index (Phi) is 5.25. The van der Waals surface area contributed by atoms with Crippen LogP contribution >= 0.6 is 0 Å². The van der Waals surface area contributed by atoms with Gasteiger partial charge in [0, 0.05) is 65.4 Å². The summed E-state index contributed by atoms with van der Waals surface area (Å²) in [4.78, 5) is 13.5. The molecule has 6 unspecified atom stereocenters. The van der Waals surface area contributed by atoms with Crippen molar-refractivity contribution >= 4 is 5.78 Å². The summed E-state index contributed by atoms with van der Waals surface area (Å²) >= 11 is 0. The van der Waals surface area contributed by atoms with Crippen LogP contribution in [0.2, 0.25) is 0 Å². The summed E-state index contributed by atoms with van der Waals surface area (Å²) in [5.74, 6) is -6.20. The van der Waals surface area contributed by atoms with E-state index < -0.39 is 59.0 Å². The van der Waals surface area contributed by atoms with Gasteiger partial charge < -0.3 is 60.2 Å². The van der Waals surface area contributed by atoms with Gasteiger partial charge in [-0.2, -0.15) is 0 Å². The number of benzene rings is 3. The maximum absolute atomic E-state index is 13.5. The highest BCUT2D eigenvalue weighted by molar-refractivity contribution is 6.05. The van der Waals surface area contributed by atoms with E-state index in [9.17, 15) is 50.8 Å². The number of hydrogen-bond acceptors (Lipinski definition) is 13. The van der Waals surface area contributed by atoms with Crippen LogP contribution in [0.25, 0.3) is 0 Å². The first kappa shape index (κ1) is 25.9. The zero-order valence-corrected chi connectivity index (χ0v) is 21.4. The standard InChI is InChI=1S/C29H24O13/c30-9-1-14(32)11-5-17(35)26(40-20(11)3-9)13-7-16(34)25(39)27-22(13)23-24(38)19(37)8-29(23,42-27)28-18(36)6-12-15(33)2-10(31)4-21(12)41-28/h1-4,7-8,17-18,23,26,28,30-37,39H,5-6H2. The molecular formula is C29H24O13. The minimum Gasteiger partial charge on any atom is -0.508 e. The molecule has 0 saturated carbocycles. The molecule has 3 aromatic rings. The molecule has 7 rings (SSSR count). The van der Waals surface area contributed by atoms with Crippen molar-refractivity contribution < 1.29 is 65.0 Å². The van der Waals surface area contributed by atoms with E-state index in [1.165, 1.54) is 12.1 Å². The molecule has 0 spiro atoms. The van der Waals surface area contributed by atoms with E-state index in [1.54, 1.807) is 0 Å². The Hall–Kier alpha value is -5.01. The summed E-state index contributed by atoms with van der Waals surface area (Å²) < 4.78 is 18.1. The topological polar surface area (TPSA) is 227 Å². The van der Waals surface area contributed by atoms with Crippen LogP contribution in [0.1, 0.15) is 34.3 Å². The summed E-state index contributed by atoms with van der Waals surface area (Å²) in [6.45, 7) is 0. The highest BCUT2D eigenvalue weighted by Gasteiger charge is 2.66. The Labute approximate surface area is 235 Å². The number of aliphatic hydroxyl groups excluding tert-OH is 3. The third kappa shape index (κ3) is 3.40. The van der Waals surface area contributed by atoms with E-state index in [1.807, 2.05) is 0 Å². The Morgan fingerprint density at radius 1 is 0.738 bits per heavy atom. The van der Waals surface area contributed by atoms with Crippen LogP contribution in [0.4, 0.5) is 0 Å². The van der Waals surface area contributed by atoms with Crippen molar-refractivity contribution in [2.24, 2.45) is 0 Å². The Balaban J connectivity index is 1.38. The van der Waals surface area contributed by atoms with Gasteiger partial charge in [0.2, 0.25) is 11.5 Å². The smallest absolute Gasteiger partial charge is 0.209 e. The number of aromatic hydroxyl groups is 6. The molecule has 9 N–H and O–H groups in total. The van der Waals surface area contributed by atoms with E-state index in [2.05, 4.69) is 0 Å². The minimum absolute atomic E-state index is 0.00871. The summed E-state index contributed by atoms with van der Waals surface area (Å²) in [6, 6.07) is 5.65. The number of carbonyl (C=O) groups is 1. The van der Waals surface area contributed by atoms with Crippen molar-refractivity contribution in [3.8, 4) is 51.7 Å². The van der Waals surface area contributed by atoms with Crippen molar-refractivity contribution in [3.05, 3.63) is 64.4 Å². The number of ether oxygens (including phenoxy) is 3. The zero-order chi connectivity index (χ0) is 29.8. The van der Waals surface area contributed by atoms with Gasteiger partial charge in [-0.25, -0.2) is 0 Å². The number of Topliss-reactive ketones (excluding diaryl/α,β-unsaturated/α-hetero) is 1. The van der Waals surface area contributed by atoms with Crippen LogP contribution in [0, 0.1) is 0 Å². The second-order valence-corrected chi connectivity index (χ2v) is 10.9. The number of aliphatic hydroxyl groups is 3. The summed E-state index contributed by atoms with van der Waals surface area (Å²) in [5.41, 5.74) is -1.67. The third-order valence-corrected chi connectivity index (χ3v) is 8.33. The molecular weight excluding hydrogens is 556 g/mol. The first-order valence-corrected chi connectivity index (χ1v) is 12.9. The van der Waals surface area contributed by atoms with Gasteiger partial charge in [-0.1, -0.05) is 0 Å². The lowest BCUT2D eigenvalue weighted by atomic mass is 9.76. The number of rotatable bonds is 2.